The van der Waals surface area contributed by atoms with E-state index in [-0.39, 0.29) is 0 Å². The number of rotatable bonds is 1. The van der Waals surface area contributed by atoms with Gasteiger partial charge >= 0.3 is 0 Å². The van der Waals surface area contributed by atoms with Gasteiger partial charge in [0.2, 0.25) is 0 Å². The van der Waals surface area contributed by atoms with Crippen molar-refractivity contribution < 1.29 is 0 Å². The van der Waals surface area contributed by atoms with Gasteiger partial charge in [-0.3, -0.25) is 0 Å². The molecule has 0 N–H and O–H groups in total. The lowest BCUT2D eigenvalue weighted by molar-refractivity contribution is 1.53. The van der Waals surface area contributed by atoms with E-state index in [0.717, 1.165) is 4.43 Å². The van der Waals surface area contributed by atoms with E-state index in [1.54, 1.807) is 6.08 Å². The van der Waals surface area contributed by atoms with Crippen molar-refractivity contribution in [3.05, 3.63) is 17.9 Å². The van der Waals surface area contributed by atoms with Crippen molar-refractivity contribution in [3.8, 4) is 6.07 Å². The maximum Gasteiger partial charge on any atom is 0.0996 e. The molecule has 0 aliphatic rings. The second-order valence-electron chi connectivity index (χ2n) is 0.799. The topological polar surface area (TPSA) is 23.8 Å². The Balaban J connectivity index is 3.47. The summed E-state index contributed by atoms with van der Waals surface area (Å²) in [4.78, 5) is 0. The second-order valence-corrected chi connectivity index (χ2v) is 1.68. The lowest BCUT2D eigenvalue weighted by Crippen LogP contribution is -1.48. The van der Waals surface area contributed by atoms with Gasteiger partial charge in [-0.15, -0.1) is 5.73 Å². The van der Waals surface area contributed by atoms with E-state index in [4.69, 9.17) is 5.26 Å². The zero-order valence-electron chi connectivity index (χ0n) is 3.69. The first kappa shape index (κ1) is 6.74. The molecule has 0 saturated carbocycles. The van der Waals surface area contributed by atoms with Crippen molar-refractivity contribution >= 4 is 22.6 Å². The Hall–Kier alpha value is -0.260. The van der Waals surface area contributed by atoms with Gasteiger partial charge in [0, 0.05) is 4.43 Å². The predicted octanol–water partition coefficient (Wildman–Crippen LogP) is 1.66. The Bertz CT molecular complexity index is 126. The molecular weight excluding hydrogens is 201 g/mol. The van der Waals surface area contributed by atoms with Gasteiger partial charge in [0.15, 0.2) is 0 Å². The summed E-state index contributed by atoms with van der Waals surface area (Å²) < 4.78 is 0.913. The summed E-state index contributed by atoms with van der Waals surface area (Å²) in [6.07, 6.45) is 3.13. The van der Waals surface area contributed by atoms with Crippen LogP contribution in [-0.2, 0) is 0 Å². The molecule has 0 aromatic carbocycles. The summed E-state index contributed by atoms with van der Waals surface area (Å²) >= 11 is 2.18. The largest absolute Gasteiger partial charge is 0.192 e. The molecule has 0 radical (unpaired) electrons. The third kappa shape index (κ3) is 5.74. The zero-order valence-corrected chi connectivity index (χ0v) is 5.84. The van der Waals surface area contributed by atoms with Gasteiger partial charge < -0.3 is 0 Å². The van der Waals surface area contributed by atoms with Crippen molar-refractivity contribution in [2.75, 3.05) is 4.43 Å². The molecule has 0 aromatic heterocycles. The number of hydrogen-bond acceptors (Lipinski definition) is 1. The van der Waals surface area contributed by atoms with E-state index in [2.05, 4.69) is 28.3 Å². The van der Waals surface area contributed by atoms with Crippen LogP contribution < -0.4 is 0 Å². The molecule has 0 spiro atoms. The van der Waals surface area contributed by atoms with Crippen LogP contribution in [0.5, 0.6) is 0 Å². The molecule has 0 aromatic rings. The van der Waals surface area contributed by atoms with Gasteiger partial charge in [-0.05, 0) is 6.08 Å². The molecule has 0 amide bonds. The van der Waals surface area contributed by atoms with Gasteiger partial charge in [-0.2, -0.15) is 5.26 Å². The third-order valence-electron chi connectivity index (χ3n) is 0.343. The maximum absolute atomic E-state index is 7.90. The molecular formula is C5H4IN. The highest BCUT2D eigenvalue weighted by molar-refractivity contribution is 14.1. The summed E-state index contributed by atoms with van der Waals surface area (Å²) in [5.74, 6) is 0. The average Bonchev–Trinajstić information content (AvgIpc) is 1.69. The second kappa shape index (κ2) is 5.74. The van der Waals surface area contributed by atoms with Gasteiger partial charge in [-0.1, -0.05) is 22.6 Å². The summed E-state index contributed by atoms with van der Waals surface area (Å²) in [5, 5.41) is 7.90. The molecule has 2 heteroatoms. The van der Waals surface area contributed by atoms with E-state index < -0.39 is 0 Å². The molecule has 0 aliphatic heterocycles. The van der Waals surface area contributed by atoms with Crippen molar-refractivity contribution in [1.82, 2.24) is 0 Å². The normalized spacial score (nSPS) is 5.71. The summed E-state index contributed by atoms with van der Waals surface area (Å²) in [7, 11) is 0. The van der Waals surface area contributed by atoms with Crippen molar-refractivity contribution in [1.29, 1.82) is 5.26 Å². The van der Waals surface area contributed by atoms with Crippen molar-refractivity contribution in [2.24, 2.45) is 0 Å². The lowest BCUT2D eigenvalue weighted by Gasteiger charge is -1.59. The van der Waals surface area contributed by atoms with Gasteiger partial charge in [-0.25, -0.2) is 0 Å². The number of nitriles is 1. The zero-order chi connectivity index (χ0) is 5.54. The minimum absolute atomic E-state index is 0.913. The van der Waals surface area contributed by atoms with E-state index in [9.17, 15) is 0 Å². The van der Waals surface area contributed by atoms with Gasteiger partial charge in [0.25, 0.3) is 0 Å². The Morgan fingerprint density at radius 1 is 1.71 bits per heavy atom. The summed E-state index contributed by atoms with van der Waals surface area (Å²) in [6, 6.07) is 1.83. The lowest BCUT2D eigenvalue weighted by atomic mass is 10.6. The number of allylic oxidation sites excluding steroid dienone is 1. The molecule has 0 bridgehead atoms. The van der Waals surface area contributed by atoms with Gasteiger partial charge in [0.05, 0.1) is 12.1 Å². The van der Waals surface area contributed by atoms with E-state index in [1.165, 1.54) is 6.08 Å². The monoisotopic (exact) mass is 205 g/mol. The minimum atomic E-state index is 0.913. The Morgan fingerprint density at radius 2 is 2.43 bits per heavy atom. The average molecular weight is 205 g/mol. The first-order chi connectivity index (χ1) is 3.41. The fraction of sp³-hybridized carbons (Fsp3) is 0.200. The molecule has 0 rings (SSSR count). The highest BCUT2D eigenvalue weighted by atomic mass is 127. The third-order valence-corrected chi connectivity index (χ3v) is 0.783. The first-order valence-electron chi connectivity index (χ1n) is 1.77. The molecule has 0 atom stereocenters. The fourth-order valence-electron chi connectivity index (χ4n) is 0.141. The molecule has 36 valence electrons. The van der Waals surface area contributed by atoms with Crippen molar-refractivity contribution in [2.45, 2.75) is 0 Å². The van der Waals surface area contributed by atoms with Crippen LogP contribution in [0.2, 0.25) is 0 Å². The molecule has 0 saturated heterocycles. The van der Waals surface area contributed by atoms with Crippen LogP contribution in [-0.4, -0.2) is 4.43 Å². The number of alkyl halides is 1. The van der Waals surface area contributed by atoms with Crippen LogP contribution in [0.1, 0.15) is 0 Å². The Kier molecular flexibility index (Phi) is 5.53. The minimum Gasteiger partial charge on any atom is -0.192 e. The quantitative estimate of drug-likeness (QED) is 0.276. The van der Waals surface area contributed by atoms with Crippen LogP contribution in [0, 0.1) is 11.3 Å². The molecule has 0 unspecified atom stereocenters. The smallest absolute Gasteiger partial charge is 0.0996 e. The molecule has 0 heterocycles. The Morgan fingerprint density at radius 3 is 2.86 bits per heavy atom. The standard InChI is InChI=1S/C5H4IN/c6-4-2-1-3-5-7/h2-3H,4H2. The number of nitrogens with zero attached hydrogens (tertiary/aromatic N) is 1. The molecule has 7 heavy (non-hydrogen) atoms. The van der Waals surface area contributed by atoms with E-state index in [0.29, 0.717) is 0 Å². The van der Waals surface area contributed by atoms with Gasteiger partial charge in [0.1, 0.15) is 0 Å². The fourth-order valence-corrected chi connectivity index (χ4v) is 0.395. The number of hydrogen-bond donors (Lipinski definition) is 0. The summed E-state index contributed by atoms with van der Waals surface area (Å²) in [5.41, 5.74) is 2.67. The van der Waals surface area contributed by atoms with Crippen LogP contribution >= 0.6 is 22.6 Å². The summed E-state index contributed by atoms with van der Waals surface area (Å²) in [6.45, 7) is 0. The Labute approximate surface area is 56.5 Å². The van der Waals surface area contributed by atoms with Crippen LogP contribution in [0.15, 0.2) is 17.9 Å². The molecule has 0 fully saturated rings. The maximum atomic E-state index is 7.90. The van der Waals surface area contributed by atoms with E-state index >= 15 is 0 Å². The highest BCUT2D eigenvalue weighted by Gasteiger charge is 1.56. The SMILES string of the molecule is N#CC=C=CCI. The van der Waals surface area contributed by atoms with Crippen LogP contribution in [0.4, 0.5) is 0 Å². The molecule has 0 aliphatic carbocycles. The van der Waals surface area contributed by atoms with Crippen LogP contribution in [0.25, 0.3) is 0 Å². The first-order valence-corrected chi connectivity index (χ1v) is 3.29. The van der Waals surface area contributed by atoms with Crippen LogP contribution in [0.3, 0.4) is 0 Å². The predicted molar refractivity (Wildman–Crippen MR) is 37.2 cm³/mol. The van der Waals surface area contributed by atoms with E-state index in [1.807, 2.05) is 6.07 Å². The number of halogens is 1. The highest BCUT2D eigenvalue weighted by Crippen LogP contribution is 1.78. The van der Waals surface area contributed by atoms with Crippen molar-refractivity contribution in [3.63, 3.8) is 0 Å². The molecule has 1 nitrogen and oxygen atoms in total.